The van der Waals surface area contributed by atoms with Gasteiger partial charge in [-0.2, -0.15) is 0 Å². The molecule has 1 saturated heterocycles. The van der Waals surface area contributed by atoms with Crippen molar-refractivity contribution in [3.05, 3.63) is 83.1 Å². The predicted molar refractivity (Wildman–Crippen MR) is 118 cm³/mol. The summed E-state index contributed by atoms with van der Waals surface area (Å²) in [6.45, 7) is 1.90. The molecule has 156 valence electrons. The van der Waals surface area contributed by atoms with Crippen LogP contribution in [0.2, 0.25) is 5.02 Å². The summed E-state index contributed by atoms with van der Waals surface area (Å²) in [4.78, 5) is 13.1. The third-order valence-electron chi connectivity index (χ3n) is 5.82. The Morgan fingerprint density at radius 2 is 1.83 bits per heavy atom. The maximum atomic E-state index is 13.1. The number of carbonyl (C=O) groups is 1. The molecule has 1 amide bonds. The fraction of sp³-hybridized carbons (Fsp3) is 0.292. The van der Waals surface area contributed by atoms with Gasteiger partial charge in [0.2, 0.25) is 0 Å². The zero-order valence-corrected chi connectivity index (χ0v) is 17.7. The first-order valence-electron chi connectivity index (χ1n) is 10.1. The lowest BCUT2D eigenvalue weighted by Gasteiger charge is -2.38. The normalized spacial score (nSPS) is 15.5. The van der Waals surface area contributed by atoms with E-state index in [-0.39, 0.29) is 11.3 Å². The molecule has 30 heavy (non-hydrogen) atoms. The van der Waals surface area contributed by atoms with Gasteiger partial charge >= 0.3 is 0 Å². The van der Waals surface area contributed by atoms with Crippen molar-refractivity contribution < 1.29 is 14.3 Å². The van der Waals surface area contributed by atoms with Crippen molar-refractivity contribution in [1.82, 2.24) is 9.88 Å². The minimum atomic E-state index is -0.199. The Morgan fingerprint density at radius 1 is 1.13 bits per heavy atom. The summed E-state index contributed by atoms with van der Waals surface area (Å²) in [5.74, 6) is 0.288. The number of ether oxygens (including phenoxy) is 2. The molecule has 0 bridgehead atoms. The van der Waals surface area contributed by atoms with Crippen LogP contribution in [0, 0.1) is 0 Å². The van der Waals surface area contributed by atoms with Crippen molar-refractivity contribution in [3.8, 4) is 11.4 Å². The van der Waals surface area contributed by atoms with Crippen LogP contribution in [0.15, 0.2) is 67.0 Å². The van der Waals surface area contributed by atoms with E-state index in [1.165, 1.54) is 5.56 Å². The number of hydrogen-bond donors (Lipinski definition) is 1. The number of hydrogen-bond acceptors (Lipinski definition) is 3. The molecule has 1 aliphatic rings. The van der Waals surface area contributed by atoms with Crippen LogP contribution in [-0.4, -0.2) is 37.3 Å². The van der Waals surface area contributed by atoms with E-state index in [0.717, 1.165) is 18.5 Å². The average Bonchev–Trinajstić information content (AvgIpc) is 3.33. The molecule has 0 unspecified atom stereocenters. The SMILES string of the molecule is COc1cc(-n2cccc2)c(Cl)cc1C(=O)NCC1(c2ccccc2)CCOCC1. The van der Waals surface area contributed by atoms with Crippen LogP contribution in [0.4, 0.5) is 0 Å². The number of aromatic nitrogens is 1. The van der Waals surface area contributed by atoms with E-state index in [1.54, 1.807) is 19.2 Å². The molecule has 0 aliphatic carbocycles. The lowest BCUT2D eigenvalue weighted by molar-refractivity contribution is 0.0487. The quantitative estimate of drug-likeness (QED) is 0.628. The van der Waals surface area contributed by atoms with Gasteiger partial charge in [0, 0.05) is 43.6 Å². The van der Waals surface area contributed by atoms with Gasteiger partial charge in [-0.25, -0.2) is 0 Å². The number of rotatable bonds is 6. The Labute approximate surface area is 181 Å². The van der Waals surface area contributed by atoms with Crippen LogP contribution in [-0.2, 0) is 10.2 Å². The summed E-state index contributed by atoms with van der Waals surface area (Å²) in [5.41, 5.74) is 2.27. The fourth-order valence-corrected chi connectivity index (χ4v) is 4.31. The Kier molecular flexibility index (Phi) is 6.11. The molecule has 1 aliphatic heterocycles. The third-order valence-corrected chi connectivity index (χ3v) is 6.12. The van der Waals surface area contributed by atoms with E-state index < -0.39 is 0 Å². The highest BCUT2D eigenvalue weighted by molar-refractivity contribution is 6.33. The van der Waals surface area contributed by atoms with Gasteiger partial charge in [-0.1, -0.05) is 41.9 Å². The molecule has 0 radical (unpaired) electrons. The standard InChI is InChI=1S/C24H25ClN2O3/c1-29-22-16-21(27-11-5-6-12-27)20(25)15-19(22)23(28)26-17-24(9-13-30-14-10-24)18-7-3-2-4-8-18/h2-8,11-12,15-16H,9-10,13-14,17H2,1H3,(H,26,28). The van der Waals surface area contributed by atoms with Crippen molar-refractivity contribution >= 4 is 17.5 Å². The van der Waals surface area contributed by atoms with Gasteiger partial charge in [-0.3, -0.25) is 4.79 Å². The van der Waals surface area contributed by atoms with E-state index in [9.17, 15) is 4.79 Å². The molecule has 4 rings (SSSR count). The van der Waals surface area contributed by atoms with Gasteiger partial charge in [0.25, 0.3) is 5.91 Å². The molecule has 0 saturated carbocycles. The smallest absolute Gasteiger partial charge is 0.255 e. The first-order valence-corrected chi connectivity index (χ1v) is 10.4. The molecule has 5 nitrogen and oxygen atoms in total. The number of carbonyl (C=O) groups excluding carboxylic acids is 1. The molecule has 3 aromatic rings. The van der Waals surface area contributed by atoms with Crippen LogP contribution >= 0.6 is 11.6 Å². The molecule has 6 heteroatoms. The van der Waals surface area contributed by atoms with Gasteiger partial charge in [-0.15, -0.1) is 0 Å². The fourth-order valence-electron chi connectivity index (χ4n) is 4.05. The third kappa shape index (κ3) is 4.09. The van der Waals surface area contributed by atoms with Crippen LogP contribution in [0.1, 0.15) is 28.8 Å². The number of methoxy groups -OCH3 is 1. The van der Waals surface area contributed by atoms with Gasteiger partial charge in [-0.05, 0) is 36.6 Å². The first-order chi connectivity index (χ1) is 14.6. The summed E-state index contributed by atoms with van der Waals surface area (Å²) >= 11 is 6.49. The van der Waals surface area contributed by atoms with Crippen LogP contribution < -0.4 is 10.1 Å². The van der Waals surface area contributed by atoms with Crippen LogP contribution in [0.3, 0.4) is 0 Å². The van der Waals surface area contributed by atoms with E-state index in [4.69, 9.17) is 21.1 Å². The largest absolute Gasteiger partial charge is 0.496 e. The highest BCUT2D eigenvalue weighted by atomic mass is 35.5. The van der Waals surface area contributed by atoms with Gasteiger partial charge in [0.05, 0.1) is 23.4 Å². The van der Waals surface area contributed by atoms with Gasteiger partial charge in [0.15, 0.2) is 0 Å². The van der Waals surface area contributed by atoms with Gasteiger partial charge in [0.1, 0.15) is 5.75 Å². The molecular formula is C24H25ClN2O3. The van der Waals surface area contributed by atoms with E-state index >= 15 is 0 Å². The lowest BCUT2D eigenvalue weighted by atomic mass is 9.74. The van der Waals surface area contributed by atoms with Crippen molar-refractivity contribution in [2.45, 2.75) is 18.3 Å². The summed E-state index contributed by atoms with van der Waals surface area (Å²) in [7, 11) is 1.56. The number of benzene rings is 2. The topological polar surface area (TPSA) is 52.5 Å². The highest BCUT2D eigenvalue weighted by Crippen LogP contribution is 2.35. The Balaban J connectivity index is 1.58. The molecule has 0 atom stereocenters. The van der Waals surface area contributed by atoms with Crippen LogP contribution in [0.5, 0.6) is 5.75 Å². The summed E-state index contributed by atoms with van der Waals surface area (Å²) in [5, 5.41) is 3.61. The number of nitrogens with zero attached hydrogens (tertiary/aromatic N) is 1. The van der Waals surface area contributed by atoms with Gasteiger partial charge < -0.3 is 19.4 Å². The summed E-state index contributed by atoms with van der Waals surface area (Å²) in [6, 6.07) is 17.6. The molecule has 1 aromatic heterocycles. The maximum absolute atomic E-state index is 13.1. The number of halogens is 1. The molecular weight excluding hydrogens is 400 g/mol. The second-order valence-corrected chi connectivity index (χ2v) is 7.94. The lowest BCUT2D eigenvalue weighted by Crippen LogP contribution is -2.44. The molecule has 1 fully saturated rings. The minimum absolute atomic E-state index is 0.142. The summed E-state index contributed by atoms with van der Waals surface area (Å²) in [6.07, 6.45) is 5.52. The second kappa shape index (κ2) is 8.94. The summed E-state index contributed by atoms with van der Waals surface area (Å²) < 4.78 is 13.0. The predicted octanol–water partition coefficient (Wildman–Crippen LogP) is 4.62. The molecule has 1 N–H and O–H groups in total. The van der Waals surface area contributed by atoms with Crippen molar-refractivity contribution in [3.63, 3.8) is 0 Å². The highest BCUT2D eigenvalue weighted by Gasteiger charge is 2.35. The number of amides is 1. The van der Waals surface area contributed by atoms with E-state index in [2.05, 4.69) is 17.4 Å². The van der Waals surface area contributed by atoms with Crippen molar-refractivity contribution in [1.29, 1.82) is 0 Å². The first kappa shape index (κ1) is 20.5. The van der Waals surface area contributed by atoms with E-state index in [1.807, 2.05) is 47.3 Å². The Morgan fingerprint density at radius 3 is 2.50 bits per heavy atom. The monoisotopic (exact) mass is 424 g/mol. The molecule has 2 aromatic carbocycles. The zero-order valence-electron chi connectivity index (χ0n) is 16.9. The Bertz CT molecular complexity index is 997. The molecule has 2 heterocycles. The van der Waals surface area contributed by atoms with Crippen molar-refractivity contribution in [2.75, 3.05) is 26.9 Å². The minimum Gasteiger partial charge on any atom is -0.496 e. The second-order valence-electron chi connectivity index (χ2n) is 7.54. The van der Waals surface area contributed by atoms with Crippen molar-refractivity contribution in [2.24, 2.45) is 0 Å². The number of nitrogens with one attached hydrogen (secondary N) is 1. The van der Waals surface area contributed by atoms with Crippen LogP contribution in [0.25, 0.3) is 5.69 Å². The molecule has 0 spiro atoms. The average molecular weight is 425 g/mol. The maximum Gasteiger partial charge on any atom is 0.255 e. The Hall–Kier alpha value is -2.76. The van der Waals surface area contributed by atoms with E-state index in [0.29, 0.717) is 36.1 Å². The zero-order chi connectivity index (χ0) is 21.0.